The van der Waals surface area contributed by atoms with Crippen molar-refractivity contribution in [1.29, 1.82) is 0 Å². The lowest BCUT2D eigenvalue weighted by Gasteiger charge is -2.35. The molecule has 1 N–H and O–H groups in total. The van der Waals surface area contributed by atoms with Crippen molar-refractivity contribution in [2.24, 2.45) is 7.05 Å². The number of nitrogens with zero attached hydrogens (tertiary/aromatic N) is 5. The number of anilines is 2. The van der Waals surface area contributed by atoms with Gasteiger partial charge in [-0.25, -0.2) is 0 Å². The van der Waals surface area contributed by atoms with Crippen LogP contribution in [0.4, 0.5) is 11.4 Å². The molecule has 9 heteroatoms. The van der Waals surface area contributed by atoms with Gasteiger partial charge in [-0.05, 0) is 29.8 Å². The van der Waals surface area contributed by atoms with Crippen molar-refractivity contribution < 1.29 is 9.59 Å². The van der Waals surface area contributed by atoms with E-state index in [1.165, 1.54) is 17.3 Å². The lowest BCUT2D eigenvalue weighted by atomic mass is 10.1. The molecule has 0 radical (unpaired) electrons. The first-order valence-corrected chi connectivity index (χ1v) is 11.9. The minimum atomic E-state index is -0.0876. The van der Waals surface area contributed by atoms with Gasteiger partial charge in [0, 0.05) is 57.9 Å². The number of carbonyl (C=O) groups is 2. The van der Waals surface area contributed by atoms with Crippen molar-refractivity contribution in [2.45, 2.75) is 18.5 Å². The van der Waals surface area contributed by atoms with Gasteiger partial charge in [-0.1, -0.05) is 42.1 Å². The predicted molar refractivity (Wildman–Crippen MR) is 131 cm³/mol. The average Bonchev–Trinajstić information content (AvgIpc) is 3.18. The van der Waals surface area contributed by atoms with E-state index in [0.717, 1.165) is 48.5 Å². The number of amides is 2. The highest BCUT2D eigenvalue weighted by atomic mass is 32.2. The number of thioether (sulfide) groups is 1. The van der Waals surface area contributed by atoms with E-state index in [2.05, 4.69) is 32.5 Å². The molecular formula is C24H28N6O2S. The van der Waals surface area contributed by atoms with Crippen LogP contribution in [0.3, 0.4) is 0 Å². The van der Waals surface area contributed by atoms with Crippen LogP contribution in [0.25, 0.3) is 0 Å². The van der Waals surface area contributed by atoms with Crippen LogP contribution in [0.5, 0.6) is 0 Å². The fourth-order valence-corrected chi connectivity index (χ4v) is 4.50. The van der Waals surface area contributed by atoms with Crippen LogP contribution in [0.2, 0.25) is 0 Å². The molecule has 172 valence electrons. The van der Waals surface area contributed by atoms with Crippen LogP contribution >= 0.6 is 11.8 Å². The van der Waals surface area contributed by atoms with E-state index in [1.54, 1.807) is 6.92 Å². The van der Waals surface area contributed by atoms with Gasteiger partial charge in [0.25, 0.3) is 0 Å². The topological polar surface area (TPSA) is 83.4 Å². The second-order valence-corrected chi connectivity index (χ2v) is 8.94. The second-order valence-electron chi connectivity index (χ2n) is 8.00. The van der Waals surface area contributed by atoms with Gasteiger partial charge in [0.1, 0.15) is 5.82 Å². The Kier molecular flexibility index (Phi) is 7.29. The minimum absolute atomic E-state index is 0.0876. The molecule has 2 heterocycles. The van der Waals surface area contributed by atoms with Crippen LogP contribution in [-0.4, -0.2) is 63.4 Å². The Balaban J connectivity index is 1.26. The molecule has 0 unspecified atom stereocenters. The summed E-state index contributed by atoms with van der Waals surface area (Å²) in [6, 6.07) is 18.0. The second kappa shape index (κ2) is 10.5. The molecule has 1 saturated heterocycles. The van der Waals surface area contributed by atoms with Gasteiger partial charge in [-0.3, -0.25) is 9.59 Å². The van der Waals surface area contributed by atoms with Crippen molar-refractivity contribution in [2.75, 3.05) is 42.1 Å². The fraction of sp³-hybridized carbons (Fsp3) is 0.333. The Bertz CT molecular complexity index is 1090. The molecule has 0 spiro atoms. The van der Waals surface area contributed by atoms with E-state index >= 15 is 0 Å². The highest BCUT2D eigenvalue weighted by Gasteiger charge is 2.19. The summed E-state index contributed by atoms with van der Waals surface area (Å²) in [5.41, 5.74) is 3.02. The van der Waals surface area contributed by atoms with Crippen LogP contribution in [0, 0.1) is 0 Å². The van der Waals surface area contributed by atoms with E-state index in [1.807, 2.05) is 59.0 Å². The van der Waals surface area contributed by atoms with Gasteiger partial charge in [-0.2, -0.15) is 0 Å². The number of benzene rings is 2. The minimum Gasteiger partial charge on any atom is -0.368 e. The fourth-order valence-electron chi connectivity index (χ4n) is 3.77. The van der Waals surface area contributed by atoms with Gasteiger partial charge in [0.2, 0.25) is 11.8 Å². The molecule has 8 nitrogen and oxygen atoms in total. The monoisotopic (exact) mass is 464 g/mol. The number of nitrogens with one attached hydrogen (secondary N) is 1. The van der Waals surface area contributed by atoms with Crippen molar-refractivity contribution >= 4 is 35.0 Å². The first kappa shape index (κ1) is 22.8. The van der Waals surface area contributed by atoms with Crippen molar-refractivity contribution in [3.63, 3.8) is 0 Å². The summed E-state index contributed by atoms with van der Waals surface area (Å²) in [6.45, 7) is 4.71. The van der Waals surface area contributed by atoms with Crippen LogP contribution in [-0.2, 0) is 23.1 Å². The quantitative estimate of drug-likeness (QED) is 0.542. The zero-order valence-electron chi connectivity index (χ0n) is 18.9. The molecule has 2 aromatic carbocycles. The first-order chi connectivity index (χ1) is 16.0. The smallest absolute Gasteiger partial charge is 0.234 e. The molecule has 4 rings (SSSR count). The third-order valence-corrected chi connectivity index (χ3v) is 6.72. The molecule has 1 fully saturated rings. The summed E-state index contributed by atoms with van der Waals surface area (Å²) in [7, 11) is 1.92. The summed E-state index contributed by atoms with van der Waals surface area (Å²) in [6.07, 6.45) is 0.702. The third-order valence-electron chi connectivity index (χ3n) is 5.70. The lowest BCUT2D eigenvalue weighted by Crippen LogP contribution is -2.48. The van der Waals surface area contributed by atoms with E-state index < -0.39 is 0 Å². The summed E-state index contributed by atoms with van der Waals surface area (Å²) < 4.78 is 1.94. The van der Waals surface area contributed by atoms with Crippen molar-refractivity contribution in [3.8, 4) is 0 Å². The summed E-state index contributed by atoms with van der Waals surface area (Å²) in [5, 5.41) is 12.2. The zero-order chi connectivity index (χ0) is 23.2. The van der Waals surface area contributed by atoms with Crippen LogP contribution in [0.1, 0.15) is 18.3 Å². The van der Waals surface area contributed by atoms with E-state index in [0.29, 0.717) is 6.42 Å². The number of aromatic nitrogens is 3. The molecule has 0 saturated carbocycles. The maximum atomic E-state index is 12.4. The Morgan fingerprint density at radius 3 is 2.33 bits per heavy atom. The van der Waals surface area contributed by atoms with Gasteiger partial charge >= 0.3 is 0 Å². The standard InChI is InChI=1S/C24H28N6O2S/c1-18(31)29-12-14-30(15-13-29)21-10-8-20(9-11-21)25-23(32)17-33-24-27-26-22(28(24)2)16-19-6-4-3-5-7-19/h3-11H,12-17H2,1-2H3,(H,25,32). The zero-order valence-corrected chi connectivity index (χ0v) is 19.7. The van der Waals surface area contributed by atoms with E-state index in [9.17, 15) is 9.59 Å². The molecule has 1 aromatic heterocycles. The lowest BCUT2D eigenvalue weighted by molar-refractivity contribution is -0.129. The Hall–Kier alpha value is -3.33. The molecule has 1 aliphatic rings. The van der Waals surface area contributed by atoms with Gasteiger partial charge < -0.3 is 19.7 Å². The van der Waals surface area contributed by atoms with E-state index in [-0.39, 0.29) is 17.6 Å². The molecule has 1 aliphatic heterocycles. The number of piperazine rings is 1. The van der Waals surface area contributed by atoms with Crippen LogP contribution < -0.4 is 10.2 Å². The maximum Gasteiger partial charge on any atom is 0.234 e. The Labute approximate surface area is 198 Å². The molecular weight excluding hydrogens is 436 g/mol. The molecule has 0 atom stereocenters. The van der Waals surface area contributed by atoms with Crippen LogP contribution in [0.15, 0.2) is 59.8 Å². The summed E-state index contributed by atoms with van der Waals surface area (Å²) in [4.78, 5) is 28.0. The molecule has 0 bridgehead atoms. The molecule has 33 heavy (non-hydrogen) atoms. The normalized spacial score (nSPS) is 13.8. The first-order valence-electron chi connectivity index (χ1n) is 10.9. The number of hydrogen-bond acceptors (Lipinski definition) is 6. The maximum absolute atomic E-state index is 12.4. The highest BCUT2D eigenvalue weighted by molar-refractivity contribution is 7.99. The van der Waals surface area contributed by atoms with Gasteiger partial charge in [0.15, 0.2) is 5.16 Å². The SMILES string of the molecule is CC(=O)N1CCN(c2ccc(NC(=O)CSc3nnc(Cc4ccccc4)n3C)cc2)CC1. The highest BCUT2D eigenvalue weighted by Crippen LogP contribution is 2.21. The summed E-state index contributed by atoms with van der Waals surface area (Å²) in [5.74, 6) is 1.16. The van der Waals surface area contributed by atoms with Gasteiger partial charge in [-0.15, -0.1) is 10.2 Å². The molecule has 2 amide bonds. The van der Waals surface area contributed by atoms with E-state index in [4.69, 9.17) is 0 Å². The number of hydrogen-bond donors (Lipinski definition) is 1. The number of rotatable bonds is 7. The number of carbonyl (C=O) groups excluding carboxylic acids is 2. The van der Waals surface area contributed by atoms with Gasteiger partial charge in [0.05, 0.1) is 5.75 Å². The largest absolute Gasteiger partial charge is 0.368 e. The Morgan fingerprint density at radius 1 is 0.970 bits per heavy atom. The van der Waals surface area contributed by atoms with Crippen molar-refractivity contribution in [1.82, 2.24) is 19.7 Å². The predicted octanol–water partition coefficient (Wildman–Crippen LogP) is 2.81. The summed E-state index contributed by atoms with van der Waals surface area (Å²) >= 11 is 1.37. The van der Waals surface area contributed by atoms with Crippen molar-refractivity contribution in [3.05, 3.63) is 66.0 Å². The molecule has 3 aromatic rings. The molecule has 0 aliphatic carbocycles. The average molecular weight is 465 g/mol. The Morgan fingerprint density at radius 2 is 1.67 bits per heavy atom. The third kappa shape index (κ3) is 5.92.